The highest BCUT2D eigenvalue weighted by Crippen LogP contribution is 2.59. The highest BCUT2D eigenvalue weighted by atomic mass is 15.2. The van der Waals surface area contributed by atoms with E-state index in [4.69, 9.17) is 0 Å². The first-order valence-electron chi connectivity index (χ1n) is 24.0. The molecule has 3 heteroatoms. The maximum Gasteiger partial charge on any atom is 0.0743 e. The number of hydrogen-bond donors (Lipinski definition) is 0. The van der Waals surface area contributed by atoms with Crippen LogP contribution in [0.5, 0.6) is 0 Å². The first-order valence-corrected chi connectivity index (χ1v) is 24.0. The fraction of sp³-hybridized carbons (Fsp3) is 0.169. The molecule has 68 heavy (non-hydrogen) atoms. The van der Waals surface area contributed by atoms with Crippen LogP contribution in [0.15, 0.2) is 188 Å². The van der Waals surface area contributed by atoms with E-state index >= 15 is 0 Å². The van der Waals surface area contributed by atoms with Crippen LogP contribution in [0.2, 0.25) is 0 Å². The molecule has 0 fully saturated rings. The van der Waals surface area contributed by atoms with Gasteiger partial charge in [0.05, 0.1) is 16.8 Å². The molecule has 0 unspecified atom stereocenters. The second-order valence-corrected chi connectivity index (χ2v) is 19.1. The third-order valence-electron chi connectivity index (χ3n) is 15.0. The van der Waals surface area contributed by atoms with Gasteiger partial charge >= 0.3 is 0 Å². The lowest BCUT2D eigenvalue weighted by Gasteiger charge is -2.47. The van der Waals surface area contributed by atoms with Crippen molar-refractivity contribution in [2.45, 2.75) is 74.7 Å². The molecule has 9 aromatic carbocycles. The Morgan fingerprint density at radius 1 is 0.324 bits per heavy atom. The molecular weight excluding hydrogens is 823 g/mol. The van der Waals surface area contributed by atoms with Crippen LogP contribution in [0, 0.1) is 69.2 Å². The first kappa shape index (κ1) is 44.2. The molecule has 0 bridgehead atoms. The van der Waals surface area contributed by atoms with Gasteiger partial charge in [-0.3, -0.25) is 0 Å². The van der Waals surface area contributed by atoms with Crippen LogP contribution in [0.4, 0.5) is 51.2 Å². The summed E-state index contributed by atoms with van der Waals surface area (Å²) in [6, 6.07) is 70.8. The van der Waals surface area contributed by atoms with E-state index in [1.165, 1.54) is 101 Å². The number of rotatable bonds is 9. The molecule has 9 aromatic rings. The summed E-state index contributed by atoms with van der Waals surface area (Å²) in [6.45, 7) is 22.3. The van der Waals surface area contributed by atoms with Crippen molar-refractivity contribution in [3.63, 3.8) is 0 Å². The zero-order valence-electron chi connectivity index (χ0n) is 41.2. The summed E-state index contributed by atoms with van der Waals surface area (Å²) >= 11 is 0. The van der Waals surface area contributed by atoms with Crippen molar-refractivity contribution >= 4 is 51.2 Å². The van der Waals surface area contributed by atoms with Crippen molar-refractivity contribution in [1.29, 1.82) is 0 Å². The molecule has 0 amide bonds. The summed E-state index contributed by atoms with van der Waals surface area (Å²) in [4.78, 5) is 7.46. The Morgan fingerprint density at radius 2 is 0.721 bits per heavy atom. The van der Waals surface area contributed by atoms with Crippen LogP contribution in [-0.4, -0.2) is 0 Å². The van der Waals surface area contributed by atoms with Crippen molar-refractivity contribution in [2.75, 3.05) is 14.7 Å². The average Bonchev–Trinajstić information content (AvgIpc) is 3.34. The molecule has 1 heterocycles. The van der Waals surface area contributed by atoms with Crippen LogP contribution in [-0.2, 0) is 5.41 Å². The molecule has 0 aromatic heterocycles. The smallest absolute Gasteiger partial charge is 0.0743 e. The number of para-hydroxylation sites is 1. The van der Waals surface area contributed by atoms with Crippen molar-refractivity contribution in [1.82, 2.24) is 0 Å². The lowest BCUT2D eigenvalue weighted by atomic mass is 9.62. The third kappa shape index (κ3) is 7.29. The van der Waals surface area contributed by atoms with Gasteiger partial charge in [-0.05, 0) is 209 Å². The Balaban J connectivity index is 1.32. The number of hydrogen-bond acceptors (Lipinski definition) is 3. The minimum absolute atomic E-state index is 0.769. The van der Waals surface area contributed by atoms with Gasteiger partial charge < -0.3 is 14.7 Å². The Labute approximate surface area is 404 Å². The summed E-state index contributed by atoms with van der Waals surface area (Å²) in [5, 5.41) is 0. The van der Waals surface area contributed by atoms with E-state index in [1.54, 1.807) is 0 Å². The standard InChI is InChI=1S/C65H61N3/c1-42-33-36-54(37-34-42)66-63-28-12-11-27-57(63)65(58-39-43(2)35-38-64(58)66,52-23-17-25-55(40-52)67(59-29-13-19-44(3)48(59)7)60-30-14-20-45(4)49(60)8)53-24-18-26-56(41-53)68(61-31-15-21-46(5)50(61)9)62-32-16-22-47(6)51(62)10/h11-41H,1-10H3. The molecule has 0 N–H and O–H groups in total. The van der Waals surface area contributed by atoms with Crippen LogP contribution >= 0.6 is 0 Å². The van der Waals surface area contributed by atoms with Gasteiger partial charge in [0, 0.05) is 39.8 Å². The van der Waals surface area contributed by atoms with Crippen LogP contribution in [0.3, 0.4) is 0 Å². The van der Waals surface area contributed by atoms with Gasteiger partial charge in [-0.2, -0.15) is 0 Å². The molecule has 0 atom stereocenters. The summed E-state index contributed by atoms with van der Waals surface area (Å²) in [6.07, 6.45) is 0. The largest absolute Gasteiger partial charge is 0.310 e. The van der Waals surface area contributed by atoms with Crippen molar-refractivity contribution in [3.05, 3.63) is 266 Å². The number of nitrogens with zero attached hydrogens (tertiary/aromatic N) is 3. The highest BCUT2D eigenvalue weighted by molar-refractivity contribution is 5.91. The van der Waals surface area contributed by atoms with E-state index in [1.807, 2.05) is 0 Å². The average molecular weight is 884 g/mol. The summed E-state index contributed by atoms with van der Waals surface area (Å²) in [5.41, 5.74) is 27.0. The zero-order chi connectivity index (χ0) is 47.4. The van der Waals surface area contributed by atoms with E-state index < -0.39 is 5.41 Å². The van der Waals surface area contributed by atoms with Crippen LogP contribution in [0.25, 0.3) is 0 Å². The summed E-state index contributed by atoms with van der Waals surface area (Å²) in [7, 11) is 0. The second kappa shape index (κ2) is 17.6. The van der Waals surface area contributed by atoms with E-state index in [0.717, 1.165) is 28.4 Å². The van der Waals surface area contributed by atoms with Crippen molar-refractivity contribution in [2.24, 2.45) is 0 Å². The topological polar surface area (TPSA) is 9.72 Å². The molecule has 0 saturated heterocycles. The predicted octanol–water partition coefficient (Wildman–Crippen LogP) is 17.9. The maximum absolute atomic E-state index is 2.49. The third-order valence-corrected chi connectivity index (χ3v) is 15.0. The first-order chi connectivity index (χ1) is 32.9. The molecule has 3 nitrogen and oxygen atoms in total. The van der Waals surface area contributed by atoms with E-state index in [0.29, 0.717) is 0 Å². The summed E-state index contributed by atoms with van der Waals surface area (Å²) in [5.74, 6) is 0. The Bertz CT molecular complexity index is 3120. The van der Waals surface area contributed by atoms with Gasteiger partial charge in [-0.25, -0.2) is 0 Å². The second-order valence-electron chi connectivity index (χ2n) is 19.1. The van der Waals surface area contributed by atoms with Gasteiger partial charge in [0.15, 0.2) is 0 Å². The van der Waals surface area contributed by atoms with E-state index in [-0.39, 0.29) is 0 Å². The van der Waals surface area contributed by atoms with Crippen LogP contribution in [0.1, 0.15) is 77.9 Å². The molecule has 0 radical (unpaired) electrons. The molecule has 10 rings (SSSR count). The normalized spacial score (nSPS) is 12.6. The van der Waals surface area contributed by atoms with Gasteiger partial charge in [0.1, 0.15) is 0 Å². The quantitative estimate of drug-likeness (QED) is 0.143. The number of benzene rings is 9. The Kier molecular flexibility index (Phi) is 11.4. The molecule has 336 valence electrons. The fourth-order valence-corrected chi connectivity index (χ4v) is 10.7. The summed E-state index contributed by atoms with van der Waals surface area (Å²) < 4.78 is 0. The van der Waals surface area contributed by atoms with Gasteiger partial charge in [-0.1, -0.05) is 126 Å². The van der Waals surface area contributed by atoms with Crippen molar-refractivity contribution in [3.8, 4) is 0 Å². The monoisotopic (exact) mass is 883 g/mol. The maximum atomic E-state index is 2.49. The number of fused-ring (bicyclic) bond motifs is 2. The van der Waals surface area contributed by atoms with E-state index in [9.17, 15) is 0 Å². The molecule has 0 aliphatic carbocycles. The minimum atomic E-state index is -0.769. The Hall–Kier alpha value is -7.62. The molecular formula is C65H61N3. The van der Waals surface area contributed by atoms with Gasteiger partial charge in [0.25, 0.3) is 0 Å². The predicted molar refractivity (Wildman–Crippen MR) is 290 cm³/mol. The fourth-order valence-electron chi connectivity index (χ4n) is 10.7. The molecule has 0 spiro atoms. The Morgan fingerprint density at radius 3 is 1.18 bits per heavy atom. The van der Waals surface area contributed by atoms with Gasteiger partial charge in [0.2, 0.25) is 0 Å². The van der Waals surface area contributed by atoms with Crippen molar-refractivity contribution < 1.29 is 0 Å². The lowest BCUT2D eigenvalue weighted by Crippen LogP contribution is -2.38. The molecule has 1 aliphatic heterocycles. The lowest BCUT2D eigenvalue weighted by molar-refractivity contribution is 0.730. The number of anilines is 9. The minimum Gasteiger partial charge on any atom is -0.310 e. The van der Waals surface area contributed by atoms with E-state index in [2.05, 4.69) is 272 Å². The molecule has 0 saturated carbocycles. The highest BCUT2D eigenvalue weighted by Gasteiger charge is 2.47. The van der Waals surface area contributed by atoms with Crippen LogP contribution < -0.4 is 14.7 Å². The molecule has 1 aliphatic rings. The number of aryl methyl sites for hydroxylation is 6. The SMILES string of the molecule is Cc1ccc(N2c3ccccc3C(c3cccc(N(c4cccc(C)c4C)c4cccc(C)c4C)c3)(c3cccc(N(c4cccc(C)c4C)c4cccc(C)c4C)c3)c3cc(C)ccc32)cc1. The zero-order valence-corrected chi connectivity index (χ0v) is 41.2. The van der Waals surface area contributed by atoms with Gasteiger partial charge in [-0.15, -0.1) is 0 Å².